The van der Waals surface area contributed by atoms with Crippen molar-refractivity contribution in [1.82, 2.24) is 4.98 Å². The van der Waals surface area contributed by atoms with E-state index in [1.54, 1.807) is 18.2 Å². The van der Waals surface area contributed by atoms with Gasteiger partial charge in [0.25, 0.3) is 0 Å². The number of aryl methyl sites for hydroxylation is 2. The van der Waals surface area contributed by atoms with E-state index in [2.05, 4.69) is 4.98 Å². The quantitative estimate of drug-likeness (QED) is 0.519. The van der Waals surface area contributed by atoms with Gasteiger partial charge in [-0.15, -0.1) is 11.3 Å². The van der Waals surface area contributed by atoms with Crippen LogP contribution in [0.3, 0.4) is 0 Å². The number of allylic oxidation sites excluding steroid dienone is 1. The van der Waals surface area contributed by atoms with Crippen molar-refractivity contribution in [3.05, 3.63) is 51.0 Å². The Balaban J connectivity index is 2.38. The van der Waals surface area contributed by atoms with Crippen LogP contribution in [0.4, 0.5) is 0 Å². The van der Waals surface area contributed by atoms with E-state index in [-0.39, 0.29) is 11.4 Å². The van der Waals surface area contributed by atoms with Crippen molar-refractivity contribution in [2.45, 2.75) is 13.8 Å². The Labute approximate surface area is 109 Å². The molecule has 0 aliphatic carbocycles. The molecule has 2 aromatic rings. The number of aromatic nitrogens is 1. The third kappa shape index (κ3) is 2.41. The van der Waals surface area contributed by atoms with Crippen molar-refractivity contribution < 1.29 is 4.79 Å². The molecule has 0 fully saturated rings. The van der Waals surface area contributed by atoms with Gasteiger partial charge in [0, 0.05) is 11.4 Å². The number of thiophene rings is 1. The summed E-state index contributed by atoms with van der Waals surface area (Å²) in [6, 6.07) is 7.49. The van der Waals surface area contributed by atoms with Gasteiger partial charge in [0.05, 0.1) is 4.88 Å². The number of nitrogens with one attached hydrogen (secondary N) is 1. The summed E-state index contributed by atoms with van der Waals surface area (Å²) < 4.78 is 0. The zero-order valence-electron chi connectivity index (χ0n) is 10.2. The molecule has 0 atom stereocenters. The van der Waals surface area contributed by atoms with Crippen molar-refractivity contribution >= 4 is 23.2 Å². The van der Waals surface area contributed by atoms with Crippen LogP contribution < -0.4 is 0 Å². The minimum absolute atomic E-state index is 0.155. The molecule has 0 spiro atoms. The molecule has 0 bridgehead atoms. The second-order valence-corrected chi connectivity index (χ2v) is 4.97. The molecule has 0 amide bonds. The maximum Gasteiger partial charge on any atom is 0.213 e. The van der Waals surface area contributed by atoms with Gasteiger partial charge < -0.3 is 4.98 Å². The van der Waals surface area contributed by atoms with Gasteiger partial charge >= 0.3 is 0 Å². The molecular weight excluding hydrogens is 244 g/mol. The second kappa shape index (κ2) is 5.03. The highest BCUT2D eigenvalue weighted by molar-refractivity contribution is 7.12. The number of aromatic amines is 1. The number of hydrogen-bond acceptors (Lipinski definition) is 3. The van der Waals surface area contributed by atoms with E-state index in [9.17, 15) is 4.79 Å². The summed E-state index contributed by atoms with van der Waals surface area (Å²) >= 11 is 1.34. The molecule has 0 aliphatic rings. The predicted octanol–water partition coefficient (Wildman–Crippen LogP) is 3.48. The van der Waals surface area contributed by atoms with E-state index in [4.69, 9.17) is 5.26 Å². The van der Waals surface area contributed by atoms with Crippen molar-refractivity contribution in [2.24, 2.45) is 0 Å². The van der Waals surface area contributed by atoms with Crippen molar-refractivity contribution in [2.75, 3.05) is 0 Å². The molecule has 18 heavy (non-hydrogen) atoms. The first-order chi connectivity index (χ1) is 8.61. The van der Waals surface area contributed by atoms with Crippen LogP contribution in [0.1, 0.15) is 26.6 Å². The van der Waals surface area contributed by atoms with E-state index in [0.29, 0.717) is 4.88 Å². The standard InChI is InChI=1S/C14H12N2OS/c1-9-6-10(2)16-12(9)7-11(8-15)14(17)13-4-3-5-18-13/h3-7,16H,1-2H3/b11-7-. The van der Waals surface area contributed by atoms with Crippen molar-refractivity contribution in [3.8, 4) is 6.07 Å². The molecule has 0 aliphatic heterocycles. The number of hydrogen-bond donors (Lipinski definition) is 1. The van der Waals surface area contributed by atoms with E-state index < -0.39 is 0 Å². The van der Waals surface area contributed by atoms with Crippen LogP contribution in [0.2, 0.25) is 0 Å². The summed E-state index contributed by atoms with van der Waals surface area (Å²) in [6.45, 7) is 3.89. The van der Waals surface area contributed by atoms with E-state index in [1.165, 1.54) is 11.3 Å². The number of carbonyl (C=O) groups excluding carboxylic acids is 1. The molecule has 90 valence electrons. The maximum absolute atomic E-state index is 12.1. The fourth-order valence-corrected chi connectivity index (χ4v) is 2.41. The molecule has 0 unspecified atom stereocenters. The SMILES string of the molecule is Cc1cc(C)c(/C=C(/C#N)C(=O)c2cccs2)[nH]1. The van der Waals surface area contributed by atoms with Crippen molar-refractivity contribution in [1.29, 1.82) is 5.26 Å². The normalized spacial score (nSPS) is 11.3. The molecule has 3 nitrogen and oxygen atoms in total. The monoisotopic (exact) mass is 256 g/mol. The number of carbonyl (C=O) groups is 1. The molecule has 4 heteroatoms. The van der Waals surface area contributed by atoms with E-state index in [1.807, 2.05) is 31.4 Å². The van der Waals surface area contributed by atoms with Gasteiger partial charge in [-0.05, 0) is 43.0 Å². The lowest BCUT2D eigenvalue weighted by Gasteiger charge is -1.96. The lowest BCUT2D eigenvalue weighted by atomic mass is 10.1. The third-order valence-electron chi connectivity index (χ3n) is 2.59. The fraction of sp³-hybridized carbons (Fsp3) is 0.143. The van der Waals surface area contributed by atoms with Gasteiger partial charge in [-0.1, -0.05) is 6.07 Å². The molecule has 0 aromatic carbocycles. The number of Topliss-reactive ketones (excluding diaryl/α,β-unsaturated/α-hetero) is 1. The Hall–Kier alpha value is -2.12. The van der Waals surface area contributed by atoms with E-state index >= 15 is 0 Å². The minimum atomic E-state index is -0.223. The average Bonchev–Trinajstić information content (AvgIpc) is 2.95. The molecular formula is C14H12N2OS. The largest absolute Gasteiger partial charge is 0.359 e. The molecule has 0 saturated heterocycles. The Morgan fingerprint density at radius 3 is 2.78 bits per heavy atom. The van der Waals surface area contributed by atoms with E-state index in [0.717, 1.165) is 17.0 Å². The smallest absolute Gasteiger partial charge is 0.213 e. The molecule has 2 heterocycles. The highest BCUT2D eigenvalue weighted by atomic mass is 32.1. The molecule has 2 aromatic heterocycles. The van der Waals surface area contributed by atoms with Crippen LogP contribution in [0.15, 0.2) is 29.2 Å². The lowest BCUT2D eigenvalue weighted by Crippen LogP contribution is -1.99. The predicted molar refractivity (Wildman–Crippen MR) is 72.5 cm³/mol. The topological polar surface area (TPSA) is 56.6 Å². The number of H-pyrrole nitrogens is 1. The molecule has 0 saturated carbocycles. The Morgan fingerprint density at radius 2 is 2.28 bits per heavy atom. The summed E-state index contributed by atoms with van der Waals surface area (Å²) in [4.78, 5) is 15.8. The molecule has 2 rings (SSSR count). The molecule has 0 radical (unpaired) electrons. The van der Waals surface area contributed by atoms with Gasteiger partial charge in [0.1, 0.15) is 11.6 Å². The van der Waals surface area contributed by atoms with Gasteiger partial charge in [-0.2, -0.15) is 5.26 Å². The number of ketones is 1. The summed E-state index contributed by atoms with van der Waals surface area (Å²) in [5, 5.41) is 10.9. The van der Waals surface area contributed by atoms with Crippen LogP contribution in [0, 0.1) is 25.2 Å². The summed E-state index contributed by atoms with van der Waals surface area (Å²) in [5.74, 6) is -0.223. The number of nitrogens with zero attached hydrogens (tertiary/aromatic N) is 1. The Kier molecular flexibility index (Phi) is 3.45. The zero-order valence-corrected chi connectivity index (χ0v) is 11.0. The van der Waals surface area contributed by atoms with Gasteiger partial charge in [-0.25, -0.2) is 0 Å². The lowest BCUT2D eigenvalue weighted by molar-refractivity contribution is 0.104. The fourth-order valence-electron chi connectivity index (χ4n) is 1.73. The van der Waals surface area contributed by atoms with Crippen molar-refractivity contribution in [3.63, 3.8) is 0 Å². The van der Waals surface area contributed by atoms with Crippen LogP contribution >= 0.6 is 11.3 Å². The first-order valence-corrected chi connectivity index (χ1v) is 6.36. The second-order valence-electron chi connectivity index (χ2n) is 4.03. The zero-order chi connectivity index (χ0) is 13.1. The van der Waals surface area contributed by atoms with Crippen LogP contribution in [0.25, 0.3) is 6.08 Å². The number of rotatable bonds is 3. The number of nitriles is 1. The average molecular weight is 256 g/mol. The Morgan fingerprint density at radius 1 is 1.50 bits per heavy atom. The Bertz CT molecular complexity index is 642. The van der Waals surface area contributed by atoms with Gasteiger partial charge in [-0.3, -0.25) is 4.79 Å². The van der Waals surface area contributed by atoms with Crippen LogP contribution in [-0.2, 0) is 0 Å². The van der Waals surface area contributed by atoms with Crippen LogP contribution in [-0.4, -0.2) is 10.8 Å². The highest BCUT2D eigenvalue weighted by Gasteiger charge is 2.13. The molecule has 1 N–H and O–H groups in total. The third-order valence-corrected chi connectivity index (χ3v) is 3.46. The minimum Gasteiger partial charge on any atom is -0.359 e. The summed E-state index contributed by atoms with van der Waals surface area (Å²) in [7, 11) is 0. The van der Waals surface area contributed by atoms with Gasteiger partial charge in [0.2, 0.25) is 5.78 Å². The van der Waals surface area contributed by atoms with Crippen LogP contribution in [0.5, 0.6) is 0 Å². The maximum atomic E-state index is 12.1. The highest BCUT2D eigenvalue weighted by Crippen LogP contribution is 2.18. The first kappa shape index (κ1) is 12.3. The first-order valence-electron chi connectivity index (χ1n) is 5.48. The summed E-state index contributed by atoms with van der Waals surface area (Å²) in [6.07, 6.45) is 1.62. The van der Waals surface area contributed by atoms with Gasteiger partial charge in [0.15, 0.2) is 0 Å². The summed E-state index contributed by atoms with van der Waals surface area (Å²) in [5.41, 5.74) is 3.01.